The van der Waals surface area contributed by atoms with Gasteiger partial charge < -0.3 is 20.1 Å². The van der Waals surface area contributed by atoms with E-state index in [1.807, 2.05) is 0 Å². The third kappa shape index (κ3) is 5.21. The van der Waals surface area contributed by atoms with Gasteiger partial charge in [0.1, 0.15) is 11.4 Å². The molecular formula is C18H17N5O7S. The molecule has 1 aliphatic heterocycles. The van der Waals surface area contributed by atoms with Gasteiger partial charge in [0, 0.05) is 36.9 Å². The molecule has 2 aromatic carbocycles. The van der Waals surface area contributed by atoms with Crippen LogP contribution in [-0.2, 0) is 4.74 Å². The number of rotatable bonds is 5. The first-order chi connectivity index (χ1) is 14.8. The Labute approximate surface area is 180 Å². The fraction of sp³-hybridized carbons (Fsp3) is 0.222. The SMILES string of the molecule is O=C(NC(=S)Nc1cc([N+](=O)[O-])ccc1O)c1ccc(N2CCOCC2)c([N+](=O)[O-])c1. The van der Waals surface area contributed by atoms with E-state index in [9.17, 15) is 30.1 Å². The third-order valence-corrected chi connectivity index (χ3v) is 4.66. The van der Waals surface area contributed by atoms with Crippen LogP contribution in [0.2, 0.25) is 0 Å². The molecule has 0 saturated carbocycles. The topological polar surface area (TPSA) is 160 Å². The summed E-state index contributed by atoms with van der Waals surface area (Å²) in [5.74, 6) is -1.04. The molecule has 3 rings (SSSR count). The van der Waals surface area contributed by atoms with Crippen molar-refractivity contribution in [3.8, 4) is 5.75 Å². The number of ether oxygens (including phenoxy) is 1. The van der Waals surface area contributed by atoms with Crippen LogP contribution in [0.25, 0.3) is 0 Å². The zero-order valence-electron chi connectivity index (χ0n) is 15.9. The van der Waals surface area contributed by atoms with Crippen molar-refractivity contribution >= 4 is 46.0 Å². The summed E-state index contributed by atoms with van der Waals surface area (Å²) >= 11 is 5.01. The molecule has 1 fully saturated rings. The molecule has 1 heterocycles. The molecular weight excluding hydrogens is 430 g/mol. The highest BCUT2D eigenvalue weighted by Gasteiger charge is 2.23. The molecule has 12 nitrogen and oxygen atoms in total. The Morgan fingerprint density at radius 3 is 2.45 bits per heavy atom. The Morgan fingerprint density at radius 2 is 1.81 bits per heavy atom. The van der Waals surface area contributed by atoms with Gasteiger partial charge in [0.25, 0.3) is 17.3 Å². The minimum Gasteiger partial charge on any atom is -0.506 e. The van der Waals surface area contributed by atoms with E-state index in [1.54, 1.807) is 4.90 Å². The second kappa shape index (κ2) is 9.32. The molecule has 2 aromatic rings. The smallest absolute Gasteiger partial charge is 0.293 e. The van der Waals surface area contributed by atoms with Gasteiger partial charge in [-0.1, -0.05) is 0 Å². The zero-order chi connectivity index (χ0) is 22.5. The number of nitrogens with zero attached hydrogens (tertiary/aromatic N) is 3. The second-order valence-corrected chi connectivity index (χ2v) is 6.84. The fourth-order valence-corrected chi connectivity index (χ4v) is 3.15. The molecule has 0 spiro atoms. The molecule has 0 atom stereocenters. The Bertz CT molecular complexity index is 1060. The van der Waals surface area contributed by atoms with Gasteiger partial charge in [-0.05, 0) is 30.4 Å². The summed E-state index contributed by atoms with van der Waals surface area (Å²) in [6, 6.07) is 7.33. The van der Waals surface area contributed by atoms with Crippen LogP contribution in [0.5, 0.6) is 5.75 Å². The van der Waals surface area contributed by atoms with Crippen LogP contribution in [-0.4, -0.2) is 52.3 Å². The number of phenolic OH excluding ortho intramolecular Hbond substituents is 1. The molecule has 162 valence electrons. The van der Waals surface area contributed by atoms with E-state index in [4.69, 9.17) is 17.0 Å². The average molecular weight is 447 g/mol. The lowest BCUT2D eigenvalue weighted by Gasteiger charge is -2.28. The minimum atomic E-state index is -0.723. The van der Waals surface area contributed by atoms with Crippen LogP contribution in [0.4, 0.5) is 22.7 Å². The molecule has 1 saturated heterocycles. The van der Waals surface area contributed by atoms with Crippen molar-refractivity contribution in [2.24, 2.45) is 0 Å². The summed E-state index contributed by atoms with van der Waals surface area (Å²) in [6.07, 6.45) is 0. The Hall–Kier alpha value is -3.84. The number of carbonyl (C=O) groups excluding carboxylic acids is 1. The highest BCUT2D eigenvalue weighted by Crippen LogP contribution is 2.30. The van der Waals surface area contributed by atoms with Crippen molar-refractivity contribution in [1.29, 1.82) is 0 Å². The van der Waals surface area contributed by atoms with Crippen LogP contribution in [0, 0.1) is 20.2 Å². The number of nitrogens with one attached hydrogen (secondary N) is 2. The monoisotopic (exact) mass is 447 g/mol. The van der Waals surface area contributed by atoms with Gasteiger partial charge in [-0.2, -0.15) is 0 Å². The maximum atomic E-state index is 12.5. The van der Waals surface area contributed by atoms with Crippen LogP contribution in [0.15, 0.2) is 36.4 Å². The summed E-state index contributed by atoms with van der Waals surface area (Å²) in [6.45, 7) is 1.88. The van der Waals surface area contributed by atoms with Gasteiger partial charge in [-0.15, -0.1) is 0 Å². The molecule has 3 N–H and O–H groups in total. The zero-order valence-corrected chi connectivity index (χ0v) is 16.8. The van der Waals surface area contributed by atoms with Crippen LogP contribution >= 0.6 is 12.2 Å². The minimum absolute atomic E-state index is 0.00359. The van der Waals surface area contributed by atoms with Crippen molar-refractivity contribution in [1.82, 2.24) is 5.32 Å². The molecule has 0 unspecified atom stereocenters. The van der Waals surface area contributed by atoms with E-state index < -0.39 is 15.8 Å². The Balaban J connectivity index is 1.75. The Kier molecular flexibility index (Phi) is 6.57. The molecule has 0 aromatic heterocycles. The van der Waals surface area contributed by atoms with E-state index in [1.165, 1.54) is 12.1 Å². The number of non-ortho nitro benzene ring substituents is 1. The third-order valence-electron chi connectivity index (χ3n) is 4.45. The number of hydrogen-bond donors (Lipinski definition) is 3. The number of nitro groups is 2. The van der Waals surface area contributed by atoms with E-state index in [0.29, 0.717) is 32.0 Å². The highest BCUT2D eigenvalue weighted by molar-refractivity contribution is 7.80. The predicted molar refractivity (Wildman–Crippen MR) is 115 cm³/mol. The summed E-state index contributed by atoms with van der Waals surface area (Å²) in [5, 5.41) is 36.8. The van der Waals surface area contributed by atoms with Crippen molar-refractivity contribution in [3.63, 3.8) is 0 Å². The first-order valence-electron chi connectivity index (χ1n) is 8.97. The van der Waals surface area contributed by atoms with Gasteiger partial charge in [0.2, 0.25) is 0 Å². The van der Waals surface area contributed by atoms with E-state index >= 15 is 0 Å². The molecule has 1 amide bonds. The number of aromatic hydroxyl groups is 1. The number of thiocarbonyl (C=S) groups is 1. The number of nitro benzene ring substituents is 2. The lowest BCUT2D eigenvalue weighted by Crippen LogP contribution is -2.37. The lowest BCUT2D eigenvalue weighted by atomic mass is 10.1. The van der Waals surface area contributed by atoms with E-state index in [-0.39, 0.29) is 33.5 Å². The molecule has 0 aliphatic carbocycles. The van der Waals surface area contributed by atoms with Gasteiger partial charge in [-0.25, -0.2) is 0 Å². The summed E-state index contributed by atoms with van der Waals surface area (Å²) in [5.41, 5.74) is -0.218. The normalized spacial score (nSPS) is 13.4. The molecule has 1 aliphatic rings. The second-order valence-electron chi connectivity index (χ2n) is 6.43. The number of morpholine rings is 1. The summed E-state index contributed by atoms with van der Waals surface area (Å²) in [7, 11) is 0. The van der Waals surface area contributed by atoms with Crippen molar-refractivity contribution in [2.45, 2.75) is 0 Å². The van der Waals surface area contributed by atoms with Crippen molar-refractivity contribution < 1.29 is 24.5 Å². The van der Waals surface area contributed by atoms with Gasteiger partial charge in [0.15, 0.2) is 5.11 Å². The summed E-state index contributed by atoms with van der Waals surface area (Å²) in [4.78, 5) is 35.5. The highest BCUT2D eigenvalue weighted by atomic mass is 32.1. The summed E-state index contributed by atoms with van der Waals surface area (Å²) < 4.78 is 5.25. The lowest BCUT2D eigenvalue weighted by molar-refractivity contribution is -0.384. The molecule has 13 heteroatoms. The first kappa shape index (κ1) is 21.9. The van der Waals surface area contributed by atoms with Gasteiger partial charge in [0.05, 0.1) is 28.7 Å². The van der Waals surface area contributed by atoms with Crippen LogP contribution < -0.4 is 15.5 Å². The standard InChI is InChI=1S/C18H17N5O7S/c24-16-4-2-12(22(26)27)10-13(16)19-18(31)20-17(25)11-1-3-14(15(9-11)23(28)29)21-5-7-30-8-6-21/h1-4,9-10,24H,5-8H2,(H2,19,20,25,31). The molecule has 0 bridgehead atoms. The van der Waals surface area contributed by atoms with E-state index in [2.05, 4.69) is 10.6 Å². The number of hydrogen-bond acceptors (Lipinski definition) is 9. The number of carbonyl (C=O) groups is 1. The van der Waals surface area contributed by atoms with Crippen molar-refractivity contribution in [2.75, 3.05) is 36.5 Å². The number of phenols is 1. The predicted octanol–water partition coefficient (Wildman–Crippen LogP) is 2.17. The maximum Gasteiger partial charge on any atom is 0.293 e. The first-order valence-corrected chi connectivity index (χ1v) is 9.38. The average Bonchev–Trinajstić information content (AvgIpc) is 2.75. The molecule has 31 heavy (non-hydrogen) atoms. The van der Waals surface area contributed by atoms with Gasteiger partial charge >= 0.3 is 0 Å². The number of anilines is 2. The maximum absolute atomic E-state index is 12.5. The number of amides is 1. The molecule has 0 radical (unpaired) electrons. The van der Waals surface area contributed by atoms with E-state index in [0.717, 1.165) is 24.3 Å². The quantitative estimate of drug-likeness (QED) is 0.268. The largest absolute Gasteiger partial charge is 0.506 e. The Morgan fingerprint density at radius 1 is 1.10 bits per heavy atom. The fourth-order valence-electron chi connectivity index (χ4n) is 2.95. The van der Waals surface area contributed by atoms with Crippen LogP contribution in [0.3, 0.4) is 0 Å². The number of benzene rings is 2. The van der Waals surface area contributed by atoms with Gasteiger partial charge in [-0.3, -0.25) is 30.3 Å². The van der Waals surface area contributed by atoms with Crippen LogP contribution in [0.1, 0.15) is 10.4 Å². The van der Waals surface area contributed by atoms with Crippen molar-refractivity contribution in [3.05, 3.63) is 62.2 Å².